The standard InChI is InChI=1S/C10H11F2N/c1-3-7(2)13-10-5-8(11)4-9(12)6-10/h3-7,13H,1H2,2H3. The van der Waals surface area contributed by atoms with Crippen molar-refractivity contribution in [2.45, 2.75) is 13.0 Å². The Morgan fingerprint density at radius 3 is 2.31 bits per heavy atom. The second kappa shape index (κ2) is 4.03. The van der Waals surface area contributed by atoms with Crippen molar-refractivity contribution in [1.29, 1.82) is 0 Å². The quantitative estimate of drug-likeness (QED) is 0.710. The molecule has 0 aliphatic rings. The van der Waals surface area contributed by atoms with Gasteiger partial charge in [0.15, 0.2) is 0 Å². The first kappa shape index (κ1) is 9.71. The molecule has 0 saturated heterocycles. The molecule has 1 atom stereocenters. The molecule has 1 rings (SSSR count). The summed E-state index contributed by atoms with van der Waals surface area (Å²) < 4.78 is 25.4. The number of hydrogen-bond acceptors (Lipinski definition) is 1. The molecule has 1 N–H and O–H groups in total. The summed E-state index contributed by atoms with van der Waals surface area (Å²) in [6.45, 7) is 5.39. The first-order chi connectivity index (χ1) is 6.11. The molecule has 13 heavy (non-hydrogen) atoms. The van der Waals surface area contributed by atoms with Crippen LogP contribution in [0.25, 0.3) is 0 Å². The van der Waals surface area contributed by atoms with Gasteiger partial charge in [0, 0.05) is 17.8 Å². The molecule has 1 aromatic rings. The lowest BCUT2D eigenvalue weighted by Gasteiger charge is -2.10. The lowest BCUT2D eigenvalue weighted by atomic mass is 10.2. The maximum absolute atomic E-state index is 12.7. The third-order valence-electron chi connectivity index (χ3n) is 1.61. The SMILES string of the molecule is C=CC(C)Nc1cc(F)cc(F)c1. The summed E-state index contributed by atoms with van der Waals surface area (Å²) in [4.78, 5) is 0. The number of halogens is 2. The van der Waals surface area contributed by atoms with Gasteiger partial charge in [0.2, 0.25) is 0 Å². The predicted octanol–water partition coefficient (Wildman–Crippen LogP) is 2.95. The maximum atomic E-state index is 12.7. The van der Waals surface area contributed by atoms with Gasteiger partial charge < -0.3 is 5.32 Å². The van der Waals surface area contributed by atoms with Crippen LogP contribution < -0.4 is 5.32 Å². The van der Waals surface area contributed by atoms with Crippen molar-refractivity contribution in [3.05, 3.63) is 42.5 Å². The zero-order valence-corrected chi connectivity index (χ0v) is 7.35. The molecule has 1 aromatic carbocycles. The number of anilines is 1. The zero-order valence-electron chi connectivity index (χ0n) is 7.35. The Morgan fingerprint density at radius 2 is 1.85 bits per heavy atom. The van der Waals surface area contributed by atoms with E-state index >= 15 is 0 Å². The van der Waals surface area contributed by atoms with Gasteiger partial charge in [-0.25, -0.2) is 8.78 Å². The fourth-order valence-electron chi connectivity index (χ4n) is 0.959. The van der Waals surface area contributed by atoms with Crippen LogP contribution in [-0.4, -0.2) is 6.04 Å². The summed E-state index contributed by atoms with van der Waals surface area (Å²) in [6.07, 6.45) is 1.66. The van der Waals surface area contributed by atoms with E-state index in [9.17, 15) is 8.78 Å². The van der Waals surface area contributed by atoms with E-state index in [1.54, 1.807) is 6.08 Å². The molecule has 0 fully saturated rings. The molecule has 1 nitrogen and oxygen atoms in total. The Balaban J connectivity index is 2.82. The van der Waals surface area contributed by atoms with E-state index in [-0.39, 0.29) is 6.04 Å². The average Bonchev–Trinajstić information content (AvgIpc) is 2.02. The highest BCUT2D eigenvalue weighted by Gasteiger charge is 2.01. The van der Waals surface area contributed by atoms with E-state index in [4.69, 9.17) is 0 Å². The van der Waals surface area contributed by atoms with Crippen molar-refractivity contribution < 1.29 is 8.78 Å². The Hall–Kier alpha value is -1.38. The smallest absolute Gasteiger partial charge is 0.128 e. The minimum atomic E-state index is -0.584. The van der Waals surface area contributed by atoms with E-state index in [1.807, 2.05) is 6.92 Å². The Labute approximate surface area is 76.1 Å². The van der Waals surface area contributed by atoms with Gasteiger partial charge in [-0.05, 0) is 19.1 Å². The molecule has 0 saturated carbocycles. The van der Waals surface area contributed by atoms with Crippen LogP contribution in [0.5, 0.6) is 0 Å². The van der Waals surface area contributed by atoms with Crippen molar-refractivity contribution in [2.24, 2.45) is 0 Å². The normalized spacial score (nSPS) is 12.2. The predicted molar refractivity (Wildman–Crippen MR) is 49.6 cm³/mol. The molecular formula is C10H11F2N. The summed E-state index contributed by atoms with van der Waals surface area (Å²) in [5.41, 5.74) is 0.421. The number of nitrogens with one attached hydrogen (secondary N) is 1. The Morgan fingerprint density at radius 1 is 1.31 bits per heavy atom. The van der Waals surface area contributed by atoms with Crippen LogP contribution in [-0.2, 0) is 0 Å². The van der Waals surface area contributed by atoms with Gasteiger partial charge in [0.05, 0.1) is 0 Å². The fourth-order valence-corrected chi connectivity index (χ4v) is 0.959. The van der Waals surface area contributed by atoms with Crippen LogP contribution in [0, 0.1) is 11.6 Å². The number of rotatable bonds is 3. The molecule has 0 heterocycles. The third-order valence-corrected chi connectivity index (χ3v) is 1.61. The molecule has 3 heteroatoms. The zero-order chi connectivity index (χ0) is 9.84. The molecule has 0 aromatic heterocycles. The van der Waals surface area contributed by atoms with Crippen molar-refractivity contribution in [3.63, 3.8) is 0 Å². The molecule has 0 aliphatic heterocycles. The summed E-state index contributed by atoms with van der Waals surface area (Å²) in [6, 6.07) is 3.30. The van der Waals surface area contributed by atoms with E-state index in [2.05, 4.69) is 11.9 Å². The number of hydrogen-bond donors (Lipinski definition) is 1. The van der Waals surface area contributed by atoms with E-state index in [0.717, 1.165) is 6.07 Å². The highest BCUT2D eigenvalue weighted by Crippen LogP contribution is 2.13. The summed E-state index contributed by atoms with van der Waals surface area (Å²) >= 11 is 0. The van der Waals surface area contributed by atoms with Crippen LogP contribution in [0.4, 0.5) is 14.5 Å². The average molecular weight is 183 g/mol. The maximum Gasteiger partial charge on any atom is 0.128 e. The van der Waals surface area contributed by atoms with Gasteiger partial charge in [0.25, 0.3) is 0 Å². The van der Waals surface area contributed by atoms with Crippen LogP contribution in [0.2, 0.25) is 0 Å². The fraction of sp³-hybridized carbons (Fsp3) is 0.200. The summed E-state index contributed by atoms with van der Waals surface area (Å²) in [5, 5.41) is 2.88. The first-order valence-electron chi connectivity index (χ1n) is 3.97. The second-order valence-electron chi connectivity index (χ2n) is 2.83. The van der Waals surface area contributed by atoms with Gasteiger partial charge >= 0.3 is 0 Å². The van der Waals surface area contributed by atoms with Gasteiger partial charge in [-0.2, -0.15) is 0 Å². The second-order valence-corrected chi connectivity index (χ2v) is 2.83. The molecule has 70 valence electrons. The van der Waals surface area contributed by atoms with Crippen molar-refractivity contribution in [2.75, 3.05) is 5.32 Å². The van der Waals surface area contributed by atoms with Gasteiger partial charge in [-0.3, -0.25) is 0 Å². The van der Waals surface area contributed by atoms with Gasteiger partial charge in [0.1, 0.15) is 11.6 Å². The largest absolute Gasteiger partial charge is 0.379 e. The summed E-state index contributed by atoms with van der Waals surface area (Å²) in [7, 11) is 0. The minimum Gasteiger partial charge on any atom is -0.379 e. The molecule has 1 unspecified atom stereocenters. The molecule has 0 amide bonds. The topological polar surface area (TPSA) is 12.0 Å². The minimum absolute atomic E-state index is 0.0128. The lowest BCUT2D eigenvalue weighted by Crippen LogP contribution is -2.11. The highest BCUT2D eigenvalue weighted by atomic mass is 19.1. The lowest BCUT2D eigenvalue weighted by molar-refractivity contribution is 0.584. The molecule has 0 radical (unpaired) electrons. The Bertz CT molecular complexity index is 290. The van der Waals surface area contributed by atoms with Crippen molar-refractivity contribution in [1.82, 2.24) is 0 Å². The van der Waals surface area contributed by atoms with E-state index in [1.165, 1.54) is 12.1 Å². The molecular weight excluding hydrogens is 172 g/mol. The van der Waals surface area contributed by atoms with Crippen LogP contribution >= 0.6 is 0 Å². The van der Waals surface area contributed by atoms with Crippen molar-refractivity contribution >= 4 is 5.69 Å². The monoisotopic (exact) mass is 183 g/mol. The van der Waals surface area contributed by atoms with Crippen LogP contribution in [0.15, 0.2) is 30.9 Å². The first-order valence-corrected chi connectivity index (χ1v) is 3.97. The van der Waals surface area contributed by atoms with Crippen LogP contribution in [0.3, 0.4) is 0 Å². The number of benzene rings is 1. The van der Waals surface area contributed by atoms with E-state index < -0.39 is 11.6 Å². The van der Waals surface area contributed by atoms with Gasteiger partial charge in [-0.15, -0.1) is 6.58 Å². The van der Waals surface area contributed by atoms with Gasteiger partial charge in [-0.1, -0.05) is 6.08 Å². The Kier molecular flexibility index (Phi) is 3.01. The van der Waals surface area contributed by atoms with Crippen LogP contribution in [0.1, 0.15) is 6.92 Å². The van der Waals surface area contributed by atoms with Crippen molar-refractivity contribution in [3.8, 4) is 0 Å². The molecule has 0 spiro atoms. The molecule has 0 bridgehead atoms. The van der Waals surface area contributed by atoms with E-state index in [0.29, 0.717) is 5.69 Å². The summed E-state index contributed by atoms with van der Waals surface area (Å²) in [5.74, 6) is -1.17. The third kappa shape index (κ3) is 2.86. The highest BCUT2D eigenvalue weighted by molar-refractivity contribution is 5.45. The molecule has 0 aliphatic carbocycles.